The lowest BCUT2D eigenvalue weighted by molar-refractivity contribution is 1.34. The van der Waals surface area contributed by atoms with E-state index in [9.17, 15) is 0 Å². The summed E-state index contributed by atoms with van der Waals surface area (Å²) in [4.78, 5) is 12.1. The van der Waals surface area contributed by atoms with Crippen molar-refractivity contribution >= 4 is 21.9 Å². The Balaban J connectivity index is 1.92. The molecule has 0 amide bonds. The monoisotopic (exact) mass is 245 g/mol. The highest BCUT2D eigenvalue weighted by atomic mass is 14.9. The number of imidazole rings is 1. The highest BCUT2D eigenvalue weighted by Crippen LogP contribution is 2.23. The average molecular weight is 245 g/mol. The smallest absolute Gasteiger partial charge is 0.0931 e. The van der Waals surface area contributed by atoms with E-state index in [-0.39, 0.29) is 0 Å². The van der Waals surface area contributed by atoms with Gasteiger partial charge in [-0.3, -0.25) is 0 Å². The van der Waals surface area contributed by atoms with Crippen LogP contribution in [0.15, 0.2) is 60.9 Å². The molecule has 4 rings (SSSR count). The molecule has 0 aliphatic heterocycles. The predicted molar refractivity (Wildman–Crippen MR) is 76.8 cm³/mol. The Labute approximate surface area is 110 Å². The Bertz CT molecular complexity index is 877. The van der Waals surface area contributed by atoms with Crippen LogP contribution in [0.5, 0.6) is 0 Å². The van der Waals surface area contributed by atoms with Gasteiger partial charge in [0.05, 0.1) is 28.6 Å². The Kier molecular flexibility index (Phi) is 2.12. The van der Waals surface area contributed by atoms with Crippen LogP contribution in [0.25, 0.3) is 33.2 Å². The van der Waals surface area contributed by atoms with Gasteiger partial charge in [0.1, 0.15) is 0 Å². The lowest BCUT2D eigenvalue weighted by Crippen LogP contribution is -1.85. The largest absolute Gasteiger partial charge is 0.345 e. The Morgan fingerprint density at radius 1 is 0.842 bits per heavy atom. The van der Waals surface area contributed by atoms with E-state index in [4.69, 9.17) is 4.98 Å². The van der Waals surface area contributed by atoms with Gasteiger partial charge in [-0.2, -0.15) is 0 Å². The number of H-pyrrole nitrogens is 1. The van der Waals surface area contributed by atoms with Crippen molar-refractivity contribution in [2.45, 2.75) is 0 Å². The molecule has 19 heavy (non-hydrogen) atoms. The number of fused-ring (bicyclic) bond motifs is 2. The Morgan fingerprint density at radius 3 is 2.79 bits per heavy atom. The molecule has 0 unspecified atom stereocenters. The number of para-hydroxylation sites is 1. The molecule has 0 aliphatic carbocycles. The third kappa shape index (κ3) is 1.67. The van der Waals surface area contributed by atoms with E-state index in [1.165, 1.54) is 0 Å². The highest BCUT2D eigenvalue weighted by molar-refractivity contribution is 5.84. The van der Waals surface area contributed by atoms with E-state index < -0.39 is 0 Å². The van der Waals surface area contributed by atoms with E-state index in [2.05, 4.69) is 40.3 Å². The van der Waals surface area contributed by atoms with Gasteiger partial charge in [0.15, 0.2) is 0 Å². The van der Waals surface area contributed by atoms with Crippen LogP contribution in [0.2, 0.25) is 0 Å². The molecule has 0 atom stereocenters. The summed E-state index contributed by atoms with van der Waals surface area (Å²) in [6, 6.07) is 18.5. The summed E-state index contributed by atoms with van der Waals surface area (Å²) >= 11 is 0. The summed E-state index contributed by atoms with van der Waals surface area (Å²) in [7, 11) is 0. The molecule has 2 aromatic heterocycles. The number of nitrogens with one attached hydrogen (secondary N) is 1. The van der Waals surface area contributed by atoms with Crippen LogP contribution < -0.4 is 0 Å². The number of aromatic nitrogens is 3. The van der Waals surface area contributed by atoms with Gasteiger partial charge < -0.3 is 4.98 Å². The molecule has 4 aromatic rings. The van der Waals surface area contributed by atoms with Crippen LogP contribution in [-0.4, -0.2) is 15.0 Å². The summed E-state index contributed by atoms with van der Waals surface area (Å²) in [5.74, 6) is 0. The number of aromatic amines is 1. The Morgan fingerprint density at radius 2 is 1.79 bits per heavy atom. The number of hydrogen-bond donors (Lipinski definition) is 1. The van der Waals surface area contributed by atoms with Crippen molar-refractivity contribution in [3.8, 4) is 11.3 Å². The van der Waals surface area contributed by atoms with Gasteiger partial charge in [0.2, 0.25) is 0 Å². The minimum atomic E-state index is 0.965. The number of pyridine rings is 1. The first-order valence-electron chi connectivity index (χ1n) is 6.19. The number of benzene rings is 2. The van der Waals surface area contributed by atoms with Crippen molar-refractivity contribution in [1.29, 1.82) is 0 Å². The normalized spacial score (nSPS) is 11.2. The van der Waals surface area contributed by atoms with E-state index in [0.717, 1.165) is 33.2 Å². The van der Waals surface area contributed by atoms with E-state index >= 15 is 0 Å². The predicted octanol–water partition coefficient (Wildman–Crippen LogP) is 3.78. The van der Waals surface area contributed by atoms with Crippen molar-refractivity contribution in [1.82, 2.24) is 15.0 Å². The molecule has 0 spiro atoms. The number of nitrogens with zero attached hydrogens (tertiary/aromatic N) is 2. The van der Waals surface area contributed by atoms with Gasteiger partial charge in [0.25, 0.3) is 0 Å². The molecule has 1 N–H and O–H groups in total. The molecule has 90 valence electrons. The molecule has 0 aliphatic rings. The number of hydrogen-bond acceptors (Lipinski definition) is 2. The molecular formula is C16H11N3. The molecule has 3 heteroatoms. The van der Waals surface area contributed by atoms with Crippen LogP contribution in [-0.2, 0) is 0 Å². The Hall–Kier alpha value is -2.68. The molecule has 0 bridgehead atoms. The zero-order valence-corrected chi connectivity index (χ0v) is 10.2. The summed E-state index contributed by atoms with van der Waals surface area (Å²) in [5, 5.41) is 1.16. The van der Waals surface area contributed by atoms with Crippen LogP contribution in [0.3, 0.4) is 0 Å². The molecule has 2 aromatic carbocycles. The standard InChI is InChI=1S/C16H11N3/c1-2-4-13-11(3-1)5-7-14(19-13)12-6-8-15-16(9-12)18-10-17-15/h1-10H,(H,17,18). The van der Waals surface area contributed by atoms with Crippen LogP contribution in [0.1, 0.15) is 0 Å². The maximum Gasteiger partial charge on any atom is 0.0931 e. The van der Waals surface area contributed by atoms with Gasteiger partial charge in [-0.25, -0.2) is 9.97 Å². The lowest BCUT2D eigenvalue weighted by Gasteiger charge is -2.03. The van der Waals surface area contributed by atoms with Crippen molar-refractivity contribution in [3.63, 3.8) is 0 Å². The third-order valence-electron chi connectivity index (χ3n) is 3.32. The fraction of sp³-hybridized carbons (Fsp3) is 0. The molecule has 0 radical (unpaired) electrons. The number of rotatable bonds is 1. The first-order chi connectivity index (χ1) is 9.40. The quantitative estimate of drug-likeness (QED) is 0.554. The maximum absolute atomic E-state index is 4.70. The van der Waals surface area contributed by atoms with Gasteiger partial charge in [-0.1, -0.05) is 30.3 Å². The fourth-order valence-corrected chi connectivity index (χ4v) is 2.32. The van der Waals surface area contributed by atoms with Gasteiger partial charge in [-0.05, 0) is 24.3 Å². The minimum absolute atomic E-state index is 0.965. The molecule has 0 saturated carbocycles. The summed E-state index contributed by atoms with van der Waals surface area (Å²) in [5.41, 5.74) is 5.09. The van der Waals surface area contributed by atoms with Crippen LogP contribution in [0.4, 0.5) is 0 Å². The van der Waals surface area contributed by atoms with Crippen LogP contribution >= 0.6 is 0 Å². The second-order valence-electron chi connectivity index (χ2n) is 4.52. The molecule has 0 saturated heterocycles. The first-order valence-corrected chi connectivity index (χ1v) is 6.19. The topological polar surface area (TPSA) is 41.6 Å². The molecule has 3 nitrogen and oxygen atoms in total. The maximum atomic E-state index is 4.70. The zero-order chi connectivity index (χ0) is 12.7. The van der Waals surface area contributed by atoms with Crippen molar-refractivity contribution in [2.24, 2.45) is 0 Å². The van der Waals surface area contributed by atoms with E-state index in [1.807, 2.05) is 24.3 Å². The minimum Gasteiger partial charge on any atom is -0.345 e. The van der Waals surface area contributed by atoms with Crippen LogP contribution in [0, 0.1) is 0 Å². The SMILES string of the molecule is c1ccc2nc(-c3ccc4[nH]cnc4c3)ccc2c1. The molecule has 2 heterocycles. The zero-order valence-electron chi connectivity index (χ0n) is 10.2. The van der Waals surface area contributed by atoms with Crippen molar-refractivity contribution in [3.05, 3.63) is 60.9 Å². The summed E-state index contributed by atoms with van der Waals surface area (Å²) < 4.78 is 0. The lowest BCUT2D eigenvalue weighted by atomic mass is 10.1. The van der Waals surface area contributed by atoms with Gasteiger partial charge in [-0.15, -0.1) is 0 Å². The highest BCUT2D eigenvalue weighted by Gasteiger charge is 2.03. The van der Waals surface area contributed by atoms with Crippen molar-refractivity contribution in [2.75, 3.05) is 0 Å². The van der Waals surface area contributed by atoms with E-state index in [0.29, 0.717) is 0 Å². The van der Waals surface area contributed by atoms with Gasteiger partial charge in [0, 0.05) is 10.9 Å². The second kappa shape index (κ2) is 3.92. The van der Waals surface area contributed by atoms with Crippen molar-refractivity contribution < 1.29 is 0 Å². The summed E-state index contributed by atoms with van der Waals surface area (Å²) in [6.45, 7) is 0. The summed E-state index contributed by atoms with van der Waals surface area (Å²) in [6.07, 6.45) is 1.71. The molecular weight excluding hydrogens is 234 g/mol. The average Bonchev–Trinajstić information content (AvgIpc) is 2.94. The fourth-order valence-electron chi connectivity index (χ4n) is 2.32. The van der Waals surface area contributed by atoms with E-state index in [1.54, 1.807) is 6.33 Å². The molecule has 0 fully saturated rings. The van der Waals surface area contributed by atoms with Gasteiger partial charge >= 0.3 is 0 Å². The first kappa shape index (κ1) is 10.3. The second-order valence-corrected chi connectivity index (χ2v) is 4.52. The third-order valence-corrected chi connectivity index (χ3v) is 3.32.